The lowest BCUT2D eigenvalue weighted by molar-refractivity contribution is 0.111. The molecule has 16 heavy (non-hydrogen) atoms. The van der Waals surface area contributed by atoms with E-state index in [0.29, 0.717) is 6.04 Å². The van der Waals surface area contributed by atoms with Crippen LogP contribution in [0.25, 0.3) is 0 Å². The Labute approximate surface area is 96.9 Å². The highest BCUT2D eigenvalue weighted by Crippen LogP contribution is 2.18. The summed E-state index contributed by atoms with van der Waals surface area (Å²) in [5, 5.41) is 13.0. The first kappa shape index (κ1) is 11.6. The molecule has 0 unspecified atom stereocenters. The molecule has 2 atom stereocenters. The topological polar surface area (TPSA) is 45.1 Å². The molecular formula is C13H20N2O. The number of aliphatic hydroxyl groups is 1. The number of hydrogen-bond acceptors (Lipinski definition) is 3. The van der Waals surface area contributed by atoms with Gasteiger partial charge in [0, 0.05) is 18.3 Å². The van der Waals surface area contributed by atoms with Gasteiger partial charge in [0.25, 0.3) is 0 Å². The van der Waals surface area contributed by atoms with E-state index in [9.17, 15) is 5.11 Å². The Morgan fingerprint density at radius 3 is 3.06 bits per heavy atom. The van der Waals surface area contributed by atoms with E-state index in [2.05, 4.69) is 10.3 Å². The van der Waals surface area contributed by atoms with E-state index in [0.717, 1.165) is 37.2 Å². The van der Waals surface area contributed by atoms with Crippen LogP contribution in [0.3, 0.4) is 0 Å². The van der Waals surface area contributed by atoms with E-state index in [1.807, 2.05) is 25.1 Å². The predicted molar refractivity (Wildman–Crippen MR) is 64.1 cm³/mol. The molecule has 3 nitrogen and oxygen atoms in total. The average Bonchev–Trinajstić information content (AvgIpc) is 2.27. The minimum atomic E-state index is -0.114. The van der Waals surface area contributed by atoms with Gasteiger partial charge in [0.2, 0.25) is 0 Å². The van der Waals surface area contributed by atoms with E-state index >= 15 is 0 Å². The van der Waals surface area contributed by atoms with Crippen LogP contribution in [0, 0.1) is 6.92 Å². The molecule has 1 aliphatic rings. The van der Waals surface area contributed by atoms with Gasteiger partial charge in [0.15, 0.2) is 0 Å². The van der Waals surface area contributed by atoms with Crippen molar-refractivity contribution in [2.24, 2.45) is 0 Å². The summed E-state index contributed by atoms with van der Waals surface area (Å²) in [5.74, 6) is 0. The van der Waals surface area contributed by atoms with Gasteiger partial charge in [-0.05, 0) is 44.7 Å². The number of nitrogens with zero attached hydrogens (tertiary/aromatic N) is 1. The van der Waals surface area contributed by atoms with Crippen molar-refractivity contribution in [3.8, 4) is 0 Å². The van der Waals surface area contributed by atoms with Crippen LogP contribution in [0.15, 0.2) is 18.2 Å². The van der Waals surface area contributed by atoms with Crippen LogP contribution in [0.5, 0.6) is 0 Å². The van der Waals surface area contributed by atoms with Crippen molar-refractivity contribution in [2.75, 3.05) is 0 Å². The number of nitrogens with one attached hydrogen (secondary N) is 1. The molecule has 2 N–H and O–H groups in total. The van der Waals surface area contributed by atoms with Crippen molar-refractivity contribution in [2.45, 2.75) is 51.3 Å². The zero-order chi connectivity index (χ0) is 11.4. The van der Waals surface area contributed by atoms with Crippen molar-refractivity contribution < 1.29 is 5.11 Å². The predicted octanol–water partition coefficient (Wildman–Crippen LogP) is 1.78. The molecule has 0 bridgehead atoms. The third-order valence-corrected chi connectivity index (χ3v) is 3.16. The second-order valence-corrected chi connectivity index (χ2v) is 4.67. The summed E-state index contributed by atoms with van der Waals surface area (Å²) in [6, 6.07) is 6.54. The average molecular weight is 220 g/mol. The van der Waals surface area contributed by atoms with Gasteiger partial charge in [-0.3, -0.25) is 4.98 Å². The van der Waals surface area contributed by atoms with Crippen LogP contribution < -0.4 is 5.32 Å². The Kier molecular flexibility index (Phi) is 3.91. The molecule has 0 aliphatic heterocycles. The summed E-state index contributed by atoms with van der Waals surface area (Å²) in [6.45, 7) is 2.81. The number of rotatable bonds is 3. The first-order valence-electron chi connectivity index (χ1n) is 6.08. The summed E-state index contributed by atoms with van der Waals surface area (Å²) >= 11 is 0. The van der Waals surface area contributed by atoms with E-state index in [1.165, 1.54) is 6.42 Å². The molecule has 1 aromatic rings. The summed E-state index contributed by atoms with van der Waals surface area (Å²) in [7, 11) is 0. The quantitative estimate of drug-likeness (QED) is 0.816. The molecule has 0 saturated heterocycles. The minimum absolute atomic E-state index is 0.114. The highest BCUT2D eigenvalue weighted by atomic mass is 16.3. The molecule has 0 amide bonds. The number of aliphatic hydroxyl groups excluding tert-OH is 1. The molecule has 1 aliphatic carbocycles. The Hall–Kier alpha value is -0.930. The van der Waals surface area contributed by atoms with Gasteiger partial charge in [-0.25, -0.2) is 0 Å². The van der Waals surface area contributed by atoms with Crippen molar-refractivity contribution in [3.05, 3.63) is 29.6 Å². The van der Waals surface area contributed by atoms with Crippen molar-refractivity contribution in [1.29, 1.82) is 0 Å². The Morgan fingerprint density at radius 1 is 1.44 bits per heavy atom. The van der Waals surface area contributed by atoms with Gasteiger partial charge in [0.05, 0.1) is 11.8 Å². The van der Waals surface area contributed by atoms with Gasteiger partial charge in [-0.15, -0.1) is 0 Å². The molecule has 88 valence electrons. The maximum absolute atomic E-state index is 9.57. The smallest absolute Gasteiger partial charge is 0.0555 e. The summed E-state index contributed by atoms with van der Waals surface area (Å²) in [5.41, 5.74) is 2.14. The van der Waals surface area contributed by atoms with Gasteiger partial charge in [0.1, 0.15) is 0 Å². The Morgan fingerprint density at radius 2 is 2.31 bits per heavy atom. The maximum atomic E-state index is 9.57. The standard InChI is InChI=1S/C13H20N2O/c1-10-4-2-6-12(15-10)9-14-11-5-3-7-13(16)8-11/h2,4,6,11,13-14,16H,3,5,7-9H2,1H3/t11-,13+/m0/s1. The fourth-order valence-electron chi connectivity index (χ4n) is 2.30. The summed E-state index contributed by atoms with van der Waals surface area (Å²) in [4.78, 5) is 4.45. The molecule has 0 spiro atoms. The van der Waals surface area contributed by atoms with Crippen LogP contribution in [0.4, 0.5) is 0 Å². The Balaban J connectivity index is 1.82. The highest BCUT2D eigenvalue weighted by molar-refractivity contribution is 5.09. The highest BCUT2D eigenvalue weighted by Gasteiger charge is 2.19. The molecule has 0 aromatic carbocycles. The van der Waals surface area contributed by atoms with E-state index in [1.54, 1.807) is 0 Å². The molecular weight excluding hydrogens is 200 g/mol. The van der Waals surface area contributed by atoms with Gasteiger partial charge in [-0.1, -0.05) is 6.07 Å². The summed E-state index contributed by atoms with van der Waals surface area (Å²) < 4.78 is 0. The van der Waals surface area contributed by atoms with Crippen LogP contribution in [-0.4, -0.2) is 22.2 Å². The molecule has 1 aromatic heterocycles. The van der Waals surface area contributed by atoms with E-state index in [4.69, 9.17) is 0 Å². The second kappa shape index (κ2) is 5.41. The lowest BCUT2D eigenvalue weighted by atomic mass is 9.93. The molecule has 1 heterocycles. The van der Waals surface area contributed by atoms with Crippen LogP contribution >= 0.6 is 0 Å². The molecule has 1 fully saturated rings. The first-order valence-corrected chi connectivity index (χ1v) is 6.08. The van der Waals surface area contributed by atoms with Gasteiger partial charge >= 0.3 is 0 Å². The lowest BCUT2D eigenvalue weighted by Crippen LogP contribution is -2.35. The van der Waals surface area contributed by atoms with E-state index < -0.39 is 0 Å². The number of aromatic nitrogens is 1. The SMILES string of the molecule is Cc1cccc(CN[C@H]2CCC[C@@H](O)C2)n1. The molecule has 3 heteroatoms. The van der Waals surface area contributed by atoms with E-state index in [-0.39, 0.29) is 6.10 Å². The maximum Gasteiger partial charge on any atom is 0.0555 e. The number of pyridine rings is 1. The zero-order valence-corrected chi connectivity index (χ0v) is 9.82. The minimum Gasteiger partial charge on any atom is -0.393 e. The third-order valence-electron chi connectivity index (χ3n) is 3.16. The largest absolute Gasteiger partial charge is 0.393 e. The second-order valence-electron chi connectivity index (χ2n) is 4.67. The van der Waals surface area contributed by atoms with Crippen LogP contribution in [-0.2, 0) is 6.54 Å². The molecule has 1 saturated carbocycles. The third kappa shape index (κ3) is 3.29. The fraction of sp³-hybridized carbons (Fsp3) is 0.615. The number of hydrogen-bond donors (Lipinski definition) is 2. The molecule has 0 radical (unpaired) electrons. The Bertz CT molecular complexity index is 340. The monoisotopic (exact) mass is 220 g/mol. The lowest BCUT2D eigenvalue weighted by Gasteiger charge is -2.26. The fourth-order valence-corrected chi connectivity index (χ4v) is 2.30. The van der Waals surface area contributed by atoms with Gasteiger partial charge < -0.3 is 10.4 Å². The van der Waals surface area contributed by atoms with Gasteiger partial charge in [-0.2, -0.15) is 0 Å². The first-order chi connectivity index (χ1) is 7.74. The van der Waals surface area contributed by atoms with Crippen molar-refractivity contribution >= 4 is 0 Å². The van der Waals surface area contributed by atoms with Crippen molar-refractivity contribution in [1.82, 2.24) is 10.3 Å². The molecule has 2 rings (SSSR count). The van der Waals surface area contributed by atoms with Crippen LogP contribution in [0.1, 0.15) is 37.1 Å². The zero-order valence-electron chi connectivity index (χ0n) is 9.82. The normalized spacial score (nSPS) is 25.6. The summed E-state index contributed by atoms with van der Waals surface area (Å²) in [6.07, 6.45) is 4.02. The number of aryl methyl sites for hydroxylation is 1. The van der Waals surface area contributed by atoms with Crippen molar-refractivity contribution in [3.63, 3.8) is 0 Å². The van der Waals surface area contributed by atoms with Crippen LogP contribution in [0.2, 0.25) is 0 Å².